The van der Waals surface area contributed by atoms with E-state index in [2.05, 4.69) is 98.9 Å². The van der Waals surface area contributed by atoms with Crippen molar-refractivity contribution < 1.29 is 4.43 Å². The molecule has 0 N–H and O–H groups in total. The Morgan fingerprint density at radius 3 is 2.00 bits per heavy atom. The minimum absolute atomic E-state index is 0.193. The molecule has 0 saturated carbocycles. The van der Waals surface area contributed by atoms with Crippen LogP contribution in [0.1, 0.15) is 12.5 Å². The fourth-order valence-electron chi connectivity index (χ4n) is 5.47. The van der Waals surface area contributed by atoms with Gasteiger partial charge in [-0.2, -0.15) is 0 Å². The molecule has 0 aliphatic carbocycles. The van der Waals surface area contributed by atoms with Crippen LogP contribution in [0.2, 0.25) is 19.1 Å². The third-order valence-corrected chi connectivity index (χ3v) is 19.5. The topological polar surface area (TPSA) is 9.23 Å². The zero-order chi connectivity index (χ0) is 21.2. The third-order valence-electron chi connectivity index (χ3n) is 6.58. The van der Waals surface area contributed by atoms with Gasteiger partial charge in [-0.1, -0.05) is 55.1 Å². The van der Waals surface area contributed by atoms with E-state index >= 15 is 0 Å². The van der Waals surface area contributed by atoms with Crippen LogP contribution < -0.4 is 0 Å². The molecule has 4 heteroatoms. The zero-order valence-corrected chi connectivity index (χ0v) is 21.1. The summed E-state index contributed by atoms with van der Waals surface area (Å²) in [5.74, 6) is 0. The fraction of sp³-hybridized carbons (Fsp3) is 0.185. The van der Waals surface area contributed by atoms with Crippen LogP contribution in [0.25, 0.3) is 43.1 Å². The fourth-order valence-corrected chi connectivity index (χ4v) is 19.0. The lowest BCUT2D eigenvalue weighted by molar-refractivity contribution is 0.114. The maximum absolute atomic E-state index is 6.87. The highest BCUT2D eigenvalue weighted by atomic mass is 29.6. The monoisotopic (exact) mass is 448 g/mol. The highest BCUT2D eigenvalue weighted by Crippen LogP contribution is 2.44. The molecule has 1 saturated heterocycles. The summed E-state index contributed by atoms with van der Waals surface area (Å²) in [5, 5.41) is 10.6. The van der Waals surface area contributed by atoms with Gasteiger partial charge in [-0.3, -0.25) is 0 Å². The number of fused-ring (bicyclic) bond motifs is 4. The lowest BCUT2D eigenvalue weighted by Crippen LogP contribution is -2.49. The molecule has 1 nitrogen and oxygen atoms in total. The van der Waals surface area contributed by atoms with E-state index in [0.717, 1.165) is 8.55 Å². The predicted octanol–water partition coefficient (Wildman–Crippen LogP) is 6.99. The highest BCUT2D eigenvalue weighted by molar-refractivity contribution is 7.39. The molecule has 0 amide bonds. The zero-order valence-electron chi connectivity index (χ0n) is 18.1. The molecule has 1 aliphatic rings. The molecule has 1 atom stereocenters. The van der Waals surface area contributed by atoms with Crippen molar-refractivity contribution in [1.29, 1.82) is 0 Å². The smallest absolute Gasteiger partial charge is 0.185 e. The van der Waals surface area contributed by atoms with Gasteiger partial charge in [0, 0.05) is 8.31 Å². The summed E-state index contributed by atoms with van der Waals surface area (Å²) in [6, 6.07) is 30.6. The molecule has 1 aliphatic heterocycles. The van der Waals surface area contributed by atoms with Gasteiger partial charge in [-0.25, -0.2) is 0 Å². The van der Waals surface area contributed by atoms with Gasteiger partial charge in [0.15, 0.2) is 8.56 Å². The largest absolute Gasteiger partial charge is 0.412 e. The number of hydrogen-bond donors (Lipinski definition) is 0. The Morgan fingerprint density at radius 2 is 1.29 bits per heavy atom. The van der Waals surface area contributed by atoms with Gasteiger partial charge in [-0.05, 0) is 98.5 Å². The van der Waals surface area contributed by atoms with Gasteiger partial charge in [-0.15, -0.1) is 0 Å². The van der Waals surface area contributed by atoms with Crippen molar-refractivity contribution in [1.82, 2.24) is 0 Å². The Morgan fingerprint density at radius 1 is 0.710 bits per heavy atom. The second-order valence-electron chi connectivity index (χ2n) is 9.06. The molecule has 0 aromatic heterocycles. The molecule has 1 unspecified atom stereocenters. The molecule has 1 heterocycles. The first-order valence-corrected chi connectivity index (χ1v) is 18.0. The lowest BCUT2D eigenvalue weighted by Gasteiger charge is -2.41. The van der Waals surface area contributed by atoms with E-state index < -0.39 is 8.56 Å². The molecule has 0 bridgehead atoms. The van der Waals surface area contributed by atoms with Crippen molar-refractivity contribution in [3.63, 3.8) is 0 Å². The minimum atomic E-state index is -0.728. The highest BCUT2D eigenvalue weighted by Gasteiger charge is 2.39. The molecular formula is C27H24OSi3. The van der Waals surface area contributed by atoms with Gasteiger partial charge in [0.1, 0.15) is 0 Å². The van der Waals surface area contributed by atoms with Crippen molar-refractivity contribution in [3.8, 4) is 0 Å². The average Bonchev–Trinajstić information content (AvgIpc) is 2.73. The number of hydrogen-bond acceptors (Lipinski definition) is 1. The Labute approximate surface area is 188 Å². The Hall–Kier alpha value is -2.25. The number of benzene rings is 5. The summed E-state index contributed by atoms with van der Waals surface area (Å²) >= 11 is 0. The van der Waals surface area contributed by atoms with E-state index in [-0.39, 0.29) is 13.9 Å². The van der Waals surface area contributed by atoms with Gasteiger partial charge in [0.2, 0.25) is 0 Å². The van der Waals surface area contributed by atoms with E-state index in [1.165, 1.54) is 54.7 Å². The third kappa shape index (κ3) is 3.21. The van der Waals surface area contributed by atoms with Gasteiger partial charge < -0.3 is 4.43 Å². The first-order valence-electron chi connectivity index (χ1n) is 10.9. The van der Waals surface area contributed by atoms with Crippen molar-refractivity contribution in [3.05, 3.63) is 84.4 Å². The molecule has 150 valence electrons. The normalized spacial score (nSPS) is 20.9. The molecular weight excluding hydrogens is 425 g/mol. The summed E-state index contributed by atoms with van der Waals surface area (Å²) < 4.78 is 6.87. The molecule has 31 heavy (non-hydrogen) atoms. The van der Waals surface area contributed by atoms with E-state index in [0.29, 0.717) is 0 Å². The summed E-state index contributed by atoms with van der Waals surface area (Å²) in [6.07, 6.45) is 0. The molecule has 6 rings (SSSR count). The van der Waals surface area contributed by atoms with Crippen molar-refractivity contribution >= 4 is 68.5 Å². The Kier molecular flexibility index (Phi) is 4.47. The molecule has 4 radical (unpaired) electrons. The van der Waals surface area contributed by atoms with E-state index in [9.17, 15) is 0 Å². The molecule has 0 spiro atoms. The van der Waals surface area contributed by atoms with Crippen LogP contribution >= 0.6 is 0 Å². The SMILES string of the molecule is C[Si]1CC(C)(c2c3ccccc3cc3cc4cc5ccccc5cc4cc23)O[Si](C)[Si]1. The van der Waals surface area contributed by atoms with E-state index in [1.54, 1.807) is 0 Å². The predicted molar refractivity (Wildman–Crippen MR) is 139 cm³/mol. The summed E-state index contributed by atoms with van der Waals surface area (Å²) in [6.45, 7) is 7.24. The van der Waals surface area contributed by atoms with Crippen LogP contribution in [-0.2, 0) is 10.0 Å². The first kappa shape index (κ1) is 19.4. The second-order valence-corrected chi connectivity index (χ2v) is 20.2. The summed E-state index contributed by atoms with van der Waals surface area (Å²) in [7, 11) is -0.0115. The van der Waals surface area contributed by atoms with Crippen LogP contribution in [0.4, 0.5) is 0 Å². The summed E-state index contributed by atoms with van der Waals surface area (Å²) in [5.41, 5.74) is 1.22. The van der Waals surface area contributed by atoms with Gasteiger partial charge >= 0.3 is 0 Å². The van der Waals surface area contributed by atoms with Crippen LogP contribution in [-0.4, -0.2) is 25.4 Å². The summed E-state index contributed by atoms with van der Waals surface area (Å²) in [4.78, 5) is 0. The van der Waals surface area contributed by atoms with Crippen molar-refractivity contribution in [2.24, 2.45) is 0 Å². The Balaban J connectivity index is 1.73. The first-order chi connectivity index (χ1) is 15.0. The standard InChI is InChI=1S/C27H24OSi3/c1-27(17-30(2)29-31(3)28-27)26-24-11-7-6-10-20(24)14-23-15-21-12-18-8-4-5-9-19(18)13-22(21)16-25(23)26/h4-16H,17H2,1-3H3. The number of rotatable bonds is 1. The van der Waals surface area contributed by atoms with Crippen LogP contribution in [0.15, 0.2) is 78.9 Å². The quantitative estimate of drug-likeness (QED) is 0.198. The van der Waals surface area contributed by atoms with E-state index in [1.807, 2.05) is 0 Å². The van der Waals surface area contributed by atoms with Crippen LogP contribution in [0, 0.1) is 0 Å². The second kappa shape index (κ2) is 7.14. The van der Waals surface area contributed by atoms with E-state index in [4.69, 9.17) is 4.43 Å². The van der Waals surface area contributed by atoms with Gasteiger partial charge in [0.05, 0.1) is 14.2 Å². The minimum Gasteiger partial charge on any atom is -0.412 e. The molecule has 1 fully saturated rings. The van der Waals surface area contributed by atoms with Crippen molar-refractivity contribution in [2.45, 2.75) is 31.7 Å². The van der Waals surface area contributed by atoms with Crippen molar-refractivity contribution in [2.75, 3.05) is 0 Å². The maximum Gasteiger partial charge on any atom is 0.185 e. The maximum atomic E-state index is 6.87. The molecule has 5 aromatic rings. The Bertz CT molecular complexity index is 1470. The van der Waals surface area contributed by atoms with Gasteiger partial charge in [0.25, 0.3) is 0 Å². The van der Waals surface area contributed by atoms with Crippen LogP contribution in [0.3, 0.4) is 0 Å². The molecule has 5 aromatic carbocycles. The average molecular weight is 449 g/mol. The van der Waals surface area contributed by atoms with Crippen LogP contribution in [0.5, 0.6) is 0 Å². The lowest BCUT2D eigenvalue weighted by atomic mass is 9.86.